The van der Waals surface area contributed by atoms with Gasteiger partial charge < -0.3 is 20.4 Å². The number of amides is 2. The predicted molar refractivity (Wildman–Crippen MR) is 105 cm³/mol. The molecular weight excluding hydrogens is 362 g/mol. The Kier molecular flexibility index (Phi) is 4.24. The minimum atomic E-state index is -0.0933. The van der Waals surface area contributed by atoms with E-state index in [2.05, 4.69) is 30.8 Å². The Morgan fingerprint density at radius 1 is 1.30 bits per heavy atom. The van der Waals surface area contributed by atoms with Gasteiger partial charge >= 0.3 is 0 Å². The third-order valence-electron chi connectivity index (χ3n) is 6.03. The van der Waals surface area contributed by atoms with Crippen molar-refractivity contribution in [1.82, 2.24) is 20.5 Å². The SMILES string of the molecule is O=C1CN(c2csc3cnc(C(=O)N[C@H]4CN5CCC4CC5)cc23)CCN1. The Bertz CT molecular complexity index is 889. The Balaban J connectivity index is 1.38. The van der Waals surface area contributed by atoms with Gasteiger partial charge in [-0.05, 0) is 37.9 Å². The molecule has 4 fully saturated rings. The number of hydrogen-bond donors (Lipinski definition) is 2. The Morgan fingerprint density at radius 2 is 2.15 bits per heavy atom. The lowest BCUT2D eigenvalue weighted by molar-refractivity contribution is -0.120. The van der Waals surface area contributed by atoms with E-state index in [9.17, 15) is 9.59 Å². The predicted octanol–water partition coefficient (Wildman–Crippen LogP) is 1.06. The molecule has 1 atom stereocenters. The van der Waals surface area contributed by atoms with Crippen molar-refractivity contribution < 1.29 is 9.59 Å². The summed E-state index contributed by atoms with van der Waals surface area (Å²) in [6.45, 7) is 5.04. The maximum atomic E-state index is 12.8. The highest BCUT2D eigenvalue weighted by atomic mass is 32.1. The highest BCUT2D eigenvalue weighted by Crippen LogP contribution is 2.33. The van der Waals surface area contributed by atoms with Gasteiger partial charge in [0.1, 0.15) is 5.69 Å². The average Bonchev–Trinajstić information content (AvgIpc) is 3.12. The molecule has 2 aromatic rings. The molecule has 0 saturated carbocycles. The van der Waals surface area contributed by atoms with Crippen molar-refractivity contribution >= 4 is 38.9 Å². The second-order valence-electron chi connectivity index (χ2n) is 7.68. The molecular formula is C19H23N5O2S. The van der Waals surface area contributed by atoms with Gasteiger partial charge in [0.2, 0.25) is 5.91 Å². The summed E-state index contributed by atoms with van der Waals surface area (Å²) in [5.74, 6) is 0.533. The van der Waals surface area contributed by atoms with Gasteiger partial charge in [-0.3, -0.25) is 9.59 Å². The van der Waals surface area contributed by atoms with Gasteiger partial charge in [0.25, 0.3) is 5.91 Å². The van der Waals surface area contributed by atoms with Crippen LogP contribution in [0.25, 0.3) is 10.1 Å². The monoisotopic (exact) mass is 385 g/mol. The number of carbonyl (C=O) groups excluding carboxylic acids is 2. The Labute approximate surface area is 161 Å². The number of piperidine rings is 3. The van der Waals surface area contributed by atoms with E-state index in [0.717, 1.165) is 42.0 Å². The van der Waals surface area contributed by atoms with E-state index < -0.39 is 0 Å². The number of carbonyl (C=O) groups is 2. The first-order chi connectivity index (χ1) is 13.2. The molecule has 4 saturated heterocycles. The maximum Gasteiger partial charge on any atom is 0.270 e. The highest BCUT2D eigenvalue weighted by molar-refractivity contribution is 7.17. The zero-order chi connectivity index (χ0) is 18.4. The van der Waals surface area contributed by atoms with Crippen LogP contribution in [0.15, 0.2) is 17.6 Å². The van der Waals surface area contributed by atoms with Crippen LogP contribution in [-0.2, 0) is 4.79 Å². The number of hydrogen-bond acceptors (Lipinski definition) is 6. The molecule has 6 heterocycles. The number of nitrogens with one attached hydrogen (secondary N) is 2. The number of pyridine rings is 1. The van der Waals surface area contributed by atoms with Crippen molar-refractivity contribution in [2.45, 2.75) is 18.9 Å². The normalized spacial score (nSPS) is 27.6. The summed E-state index contributed by atoms with van der Waals surface area (Å²) in [6, 6.07) is 2.11. The van der Waals surface area contributed by atoms with Crippen molar-refractivity contribution in [3.05, 3.63) is 23.3 Å². The molecule has 6 rings (SSSR count). The summed E-state index contributed by atoms with van der Waals surface area (Å²) in [5, 5.41) is 9.12. The van der Waals surface area contributed by atoms with E-state index in [0.29, 0.717) is 24.7 Å². The smallest absolute Gasteiger partial charge is 0.270 e. The molecule has 2 N–H and O–H groups in total. The van der Waals surface area contributed by atoms with E-state index in [1.54, 1.807) is 17.5 Å². The first-order valence-corrected chi connectivity index (χ1v) is 10.5. The van der Waals surface area contributed by atoms with E-state index >= 15 is 0 Å². The zero-order valence-electron chi connectivity index (χ0n) is 15.1. The van der Waals surface area contributed by atoms with Gasteiger partial charge in [0.05, 0.1) is 16.9 Å². The van der Waals surface area contributed by atoms with Gasteiger partial charge in [0.15, 0.2) is 0 Å². The maximum absolute atomic E-state index is 12.8. The molecule has 27 heavy (non-hydrogen) atoms. The topological polar surface area (TPSA) is 77.6 Å². The molecule has 0 aromatic carbocycles. The third kappa shape index (κ3) is 3.17. The summed E-state index contributed by atoms with van der Waals surface area (Å²) in [6.07, 6.45) is 4.12. The number of anilines is 1. The quantitative estimate of drug-likeness (QED) is 0.826. The van der Waals surface area contributed by atoms with Gasteiger partial charge in [0, 0.05) is 42.6 Å². The van der Waals surface area contributed by atoms with Crippen LogP contribution in [0.1, 0.15) is 23.3 Å². The fourth-order valence-corrected chi connectivity index (χ4v) is 5.42. The molecule has 2 bridgehead atoms. The van der Waals surface area contributed by atoms with Gasteiger partial charge in [-0.1, -0.05) is 0 Å². The van der Waals surface area contributed by atoms with Crippen molar-refractivity contribution in [2.75, 3.05) is 44.2 Å². The first kappa shape index (κ1) is 16.9. The Hall–Kier alpha value is -2.19. The van der Waals surface area contributed by atoms with Crippen molar-refractivity contribution in [2.24, 2.45) is 5.92 Å². The molecule has 4 aliphatic heterocycles. The minimum absolute atomic E-state index is 0.0370. The fraction of sp³-hybridized carbons (Fsp3) is 0.526. The molecule has 7 nitrogen and oxygen atoms in total. The highest BCUT2D eigenvalue weighted by Gasteiger charge is 2.35. The average molecular weight is 385 g/mol. The number of thiophene rings is 1. The molecule has 8 heteroatoms. The first-order valence-electron chi connectivity index (χ1n) is 9.59. The van der Waals surface area contributed by atoms with Crippen molar-refractivity contribution in [3.63, 3.8) is 0 Å². The van der Waals surface area contributed by atoms with Crippen LogP contribution in [0, 0.1) is 5.92 Å². The van der Waals surface area contributed by atoms with Crippen LogP contribution < -0.4 is 15.5 Å². The summed E-state index contributed by atoms with van der Waals surface area (Å²) in [7, 11) is 0. The zero-order valence-corrected chi connectivity index (χ0v) is 15.9. The lowest BCUT2D eigenvalue weighted by Gasteiger charge is -2.44. The molecule has 0 aliphatic carbocycles. The van der Waals surface area contributed by atoms with Crippen LogP contribution in [0.4, 0.5) is 5.69 Å². The lowest BCUT2D eigenvalue weighted by atomic mass is 9.84. The summed E-state index contributed by atoms with van der Waals surface area (Å²) in [4.78, 5) is 33.5. The van der Waals surface area contributed by atoms with Crippen LogP contribution in [-0.4, -0.2) is 67.0 Å². The number of aromatic nitrogens is 1. The third-order valence-corrected chi connectivity index (χ3v) is 6.95. The second-order valence-corrected chi connectivity index (χ2v) is 8.59. The number of nitrogens with zero attached hydrogens (tertiary/aromatic N) is 3. The fourth-order valence-electron chi connectivity index (χ4n) is 4.50. The molecule has 2 amide bonds. The Morgan fingerprint density at radius 3 is 2.89 bits per heavy atom. The van der Waals surface area contributed by atoms with Crippen LogP contribution in [0.2, 0.25) is 0 Å². The second kappa shape index (κ2) is 6.76. The molecule has 2 aromatic heterocycles. The van der Waals surface area contributed by atoms with Gasteiger partial charge in [-0.2, -0.15) is 0 Å². The van der Waals surface area contributed by atoms with Crippen LogP contribution >= 0.6 is 11.3 Å². The summed E-state index contributed by atoms with van der Waals surface area (Å²) >= 11 is 1.60. The molecule has 0 radical (unpaired) electrons. The van der Waals surface area contributed by atoms with E-state index in [-0.39, 0.29) is 17.9 Å². The van der Waals surface area contributed by atoms with E-state index in [1.165, 1.54) is 12.8 Å². The molecule has 142 valence electrons. The van der Waals surface area contributed by atoms with Crippen LogP contribution in [0.5, 0.6) is 0 Å². The van der Waals surface area contributed by atoms with E-state index in [1.807, 2.05) is 6.07 Å². The number of piperazine rings is 1. The van der Waals surface area contributed by atoms with Crippen LogP contribution in [0.3, 0.4) is 0 Å². The van der Waals surface area contributed by atoms with Gasteiger partial charge in [-0.25, -0.2) is 4.98 Å². The summed E-state index contributed by atoms with van der Waals surface area (Å²) < 4.78 is 1.04. The molecule has 4 aliphatic rings. The lowest BCUT2D eigenvalue weighted by Crippen LogP contribution is -2.57. The van der Waals surface area contributed by atoms with Gasteiger partial charge in [-0.15, -0.1) is 11.3 Å². The van der Waals surface area contributed by atoms with E-state index in [4.69, 9.17) is 0 Å². The number of rotatable bonds is 3. The summed E-state index contributed by atoms with van der Waals surface area (Å²) in [5.41, 5.74) is 1.48. The minimum Gasteiger partial charge on any atom is -0.359 e. The molecule has 0 spiro atoms. The van der Waals surface area contributed by atoms with Crippen molar-refractivity contribution in [3.8, 4) is 0 Å². The largest absolute Gasteiger partial charge is 0.359 e. The number of fused-ring (bicyclic) bond motifs is 4. The van der Waals surface area contributed by atoms with Crippen molar-refractivity contribution in [1.29, 1.82) is 0 Å². The molecule has 0 unspecified atom stereocenters. The standard InChI is InChI=1S/C19H23N5O2S/c25-18-10-24(6-3-20-18)16-11-27-17-8-21-14(7-13(16)17)19(26)22-15-9-23-4-1-12(15)2-5-23/h7-8,11-12,15H,1-6,9-10H2,(H,20,25)(H,22,26)/t15-/m0/s1.